The van der Waals surface area contributed by atoms with E-state index in [1.54, 1.807) is 43.6 Å². The topological polar surface area (TPSA) is 86.4 Å². The first-order valence-corrected chi connectivity index (χ1v) is 8.61. The molecular weight excluding hydrogens is 344 g/mol. The van der Waals surface area contributed by atoms with Gasteiger partial charge in [-0.15, -0.1) is 0 Å². The first kappa shape index (κ1) is 17.0. The van der Waals surface area contributed by atoms with E-state index in [9.17, 15) is 4.79 Å². The Morgan fingerprint density at radius 2 is 2.07 bits per heavy atom. The summed E-state index contributed by atoms with van der Waals surface area (Å²) in [6, 6.07) is 10.8. The van der Waals surface area contributed by atoms with Crippen molar-refractivity contribution in [3.63, 3.8) is 0 Å². The molecule has 4 aromatic heterocycles. The number of pyridine rings is 2. The van der Waals surface area contributed by atoms with Crippen molar-refractivity contribution >= 4 is 17.0 Å². The van der Waals surface area contributed by atoms with Gasteiger partial charge in [-0.2, -0.15) is 0 Å². The molecule has 27 heavy (non-hydrogen) atoms. The summed E-state index contributed by atoms with van der Waals surface area (Å²) in [5.74, 6) is 0.312. The van der Waals surface area contributed by atoms with Gasteiger partial charge in [0.15, 0.2) is 5.76 Å². The monoisotopic (exact) mass is 362 g/mol. The Balaban J connectivity index is 1.96. The molecule has 4 rings (SSSR count). The quantitative estimate of drug-likeness (QED) is 0.556. The van der Waals surface area contributed by atoms with E-state index in [4.69, 9.17) is 8.94 Å². The van der Waals surface area contributed by atoms with E-state index in [1.807, 2.05) is 26.0 Å². The fourth-order valence-electron chi connectivity index (χ4n) is 2.92. The summed E-state index contributed by atoms with van der Waals surface area (Å²) in [5, 5.41) is 4.56. The van der Waals surface area contributed by atoms with Crippen LogP contribution in [0.3, 0.4) is 0 Å². The zero-order chi connectivity index (χ0) is 19.0. The lowest BCUT2D eigenvalue weighted by Gasteiger charge is -2.09. The van der Waals surface area contributed by atoms with Gasteiger partial charge in [-0.05, 0) is 51.1 Å². The third-order valence-corrected chi connectivity index (χ3v) is 4.07. The van der Waals surface area contributed by atoms with Crippen molar-refractivity contribution in [2.45, 2.75) is 26.8 Å². The van der Waals surface area contributed by atoms with Gasteiger partial charge in [-0.25, -0.2) is 4.98 Å². The third kappa shape index (κ3) is 3.08. The summed E-state index contributed by atoms with van der Waals surface area (Å²) in [7, 11) is 0. The molecule has 0 aliphatic heterocycles. The maximum Gasteiger partial charge on any atom is 0.264 e. The molecular formula is C20H18N4O3. The minimum atomic E-state index is -0.235. The molecule has 7 nitrogen and oxygen atoms in total. The van der Waals surface area contributed by atoms with Gasteiger partial charge in [0, 0.05) is 12.2 Å². The van der Waals surface area contributed by atoms with Gasteiger partial charge < -0.3 is 8.94 Å². The number of carbonyl (C=O) groups is 1. The maximum atomic E-state index is 13.4. The predicted molar refractivity (Wildman–Crippen MR) is 99.1 cm³/mol. The smallest absolute Gasteiger partial charge is 0.264 e. The van der Waals surface area contributed by atoms with Crippen LogP contribution in [0.1, 0.15) is 29.9 Å². The van der Waals surface area contributed by atoms with Gasteiger partial charge in [-0.1, -0.05) is 11.2 Å². The van der Waals surface area contributed by atoms with E-state index in [-0.39, 0.29) is 11.9 Å². The van der Waals surface area contributed by atoms with Crippen LogP contribution in [0.25, 0.3) is 22.6 Å². The molecule has 0 atom stereocenters. The zero-order valence-electron chi connectivity index (χ0n) is 15.2. The van der Waals surface area contributed by atoms with Crippen molar-refractivity contribution in [2.75, 3.05) is 0 Å². The molecule has 7 heteroatoms. The van der Waals surface area contributed by atoms with Crippen LogP contribution in [0.4, 0.5) is 0 Å². The highest BCUT2D eigenvalue weighted by Gasteiger charge is 2.21. The Hall–Kier alpha value is -3.48. The molecule has 0 aromatic carbocycles. The van der Waals surface area contributed by atoms with Gasteiger partial charge >= 0.3 is 0 Å². The molecule has 0 bridgehead atoms. The summed E-state index contributed by atoms with van der Waals surface area (Å²) < 4.78 is 12.3. The van der Waals surface area contributed by atoms with E-state index in [0.29, 0.717) is 39.3 Å². The molecule has 136 valence electrons. The lowest BCUT2D eigenvalue weighted by Crippen LogP contribution is -2.28. The van der Waals surface area contributed by atoms with Crippen molar-refractivity contribution in [3.05, 3.63) is 65.6 Å². The molecule has 4 heterocycles. The van der Waals surface area contributed by atoms with Crippen molar-refractivity contribution in [1.82, 2.24) is 14.7 Å². The highest BCUT2D eigenvalue weighted by molar-refractivity contribution is 6.07. The van der Waals surface area contributed by atoms with Crippen LogP contribution in [0.2, 0.25) is 0 Å². The second-order valence-electron chi connectivity index (χ2n) is 6.44. The van der Waals surface area contributed by atoms with Crippen molar-refractivity contribution in [2.24, 2.45) is 4.99 Å². The number of hydrogen-bond acceptors (Lipinski definition) is 6. The van der Waals surface area contributed by atoms with Crippen LogP contribution in [-0.2, 0) is 0 Å². The Kier molecular flexibility index (Phi) is 4.19. The van der Waals surface area contributed by atoms with Gasteiger partial charge in [0.05, 0.1) is 22.9 Å². The normalized spacial score (nSPS) is 12.2. The molecule has 0 amide bonds. The Morgan fingerprint density at radius 1 is 1.22 bits per heavy atom. The maximum absolute atomic E-state index is 13.4. The number of fused-ring (bicyclic) bond motifs is 1. The number of aromatic nitrogens is 3. The van der Waals surface area contributed by atoms with Crippen LogP contribution >= 0.6 is 0 Å². The molecule has 0 spiro atoms. The lowest BCUT2D eigenvalue weighted by molar-refractivity contribution is 0.0956. The number of hydrogen-bond donors (Lipinski definition) is 0. The minimum Gasteiger partial charge on any atom is -0.463 e. The minimum absolute atomic E-state index is 0.0555. The van der Waals surface area contributed by atoms with Crippen molar-refractivity contribution in [3.8, 4) is 11.5 Å². The molecule has 0 N–H and O–H groups in total. The summed E-state index contributed by atoms with van der Waals surface area (Å²) in [4.78, 5) is 22.4. The first-order chi connectivity index (χ1) is 13.0. The second kappa shape index (κ2) is 6.68. The molecule has 0 aliphatic rings. The lowest BCUT2D eigenvalue weighted by atomic mass is 10.1. The van der Waals surface area contributed by atoms with Crippen LogP contribution in [0.15, 0.2) is 62.8 Å². The zero-order valence-corrected chi connectivity index (χ0v) is 15.2. The van der Waals surface area contributed by atoms with Gasteiger partial charge in [0.25, 0.3) is 11.6 Å². The number of carbonyl (C=O) groups excluding carboxylic acids is 1. The molecule has 4 aromatic rings. The molecule has 0 radical (unpaired) electrons. The Bertz CT molecular complexity index is 1180. The Morgan fingerprint density at radius 3 is 2.81 bits per heavy atom. The largest absolute Gasteiger partial charge is 0.463 e. The fraction of sp³-hybridized carbons (Fsp3) is 0.200. The predicted octanol–water partition coefficient (Wildman–Crippen LogP) is 3.59. The molecule has 0 unspecified atom stereocenters. The van der Waals surface area contributed by atoms with Gasteiger partial charge in [0.1, 0.15) is 11.2 Å². The van der Waals surface area contributed by atoms with Crippen LogP contribution in [-0.4, -0.2) is 26.7 Å². The van der Waals surface area contributed by atoms with Crippen LogP contribution < -0.4 is 5.49 Å². The third-order valence-electron chi connectivity index (χ3n) is 4.07. The number of aryl methyl sites for hydroxylation is 1. The highest BCUT2D eigenvalue weighted by atomic mass is 16.5. The standard InChI is InChI=1S/C20H18N4O3/c1-12(2)21-17-8-4-5-9-24(17)20(25)14-11-15(16-7-6-10-26-16)22-19-18(14)13(3)23-27-19/h4-12H,1-3H3. The SMILES string of the molecule is Cc1noc2nc(-c3ccco3)cc(C(=O)n3ccccc3=NC(C)C)c12. The Labute approximate surface area is 155 Å². The van der Waals surface area contributed by atoms with E-state index >= 15 is 0 Å². The van der Waals surface area contributed by atoms with E-state index in [2.05, 4.69) is 15.1 Å². The summed E-state index contributed by atoms with van der Waals surface area (Å²) in [6.07, 6.45) is 3.26. The van der Waals surface area contributed by atoms with Crippen molar-refractivity contribution in [1.29, 1.82) is 0 Å². The number of furan rings is 1. The molecule has 0 saturated carbocycles. The van der Waals surface area contributed by atoms with E-state index in [1.165, 1.54) is 4.57 Å². The fourth-order valence-corrected chi connectivity index (χ4v) is 2.92. The van der Waals surface area contributed by atoms with E-state index in [0.717, 1.165) is 0 Å². The first-order valence-electron chi connectivity index (χ1n) is 8.61. The highest BCUT2D eigenvalue weighted by Crippen LogP contribution is 2.27. The van der Waals surface area contributed by atoms with Crippen molar-refractivity contribution < 1.29 is 13.7 Å². The average Bonchev–Trinajstić information content (AvgIpc) is 3.31. The summed E-state index contributed by atoms with van der Waals surface area (Å²) in [6.45, 7) is 5.71. The summed E-state index contributed by atoms with van der Waals surface area (Å²) in [5.41, 5.74) is 2.41. The molecule has 0 saturated heterocycles. The van der Waals surface area contributed by atoms with Crippen LogP contribution in [0.5, 0.6) is 0 Å². The molecule has 0 aliphatic carbocycles. The van der Waals surface area contributed by atoms with Gasteiger partial charge in [-0.3, -0.25) is 14.4 Å². The van der Waals surface area contributed by atoms with E-state index < -0.39 is 0 Å². The molecule has 0 fully saturated rings. The average molecular weight is 362 g/mol. The second-order valence-corrected chi connectivity index (χ2v) is 6.44. The number of rotatable bonds is 3. The number of nitrogens with zero attached hydrogens (tertiary/aromatic N) is 4. The van der Waals surface area contributed by atoms with Gasteiger partial charge in [0.2, 0.25) is 0 Å². The summed E-state index contributed by atoms with van der Waals surface area (Å²) >= 11 is 0. The van der Waals surface area contributed by atoms with Crippen LogP contribution in [0, 0.1) is 6.92 Å².